The number of carbonyl (C=O) groups excluding carboxylic acids is 1. The molecule has 0 spiro atoms. The first-order chi connectivity index (χ1) is 6.24. The number of carbonyl (C=O) groups is 1. The Morgan fingerprint density at radius 1 is 1.54 bits per heavy atom. The number of esters is 1. The molecule has 1 fully saturated rings. The zero-order valence-corrected chi connectivity index (χ0v) is 8.29. The van der Waals surface area contributed by atoms with Crippen LogP contribution in [0.1, 0.15) is 39.0 Å². The van der Waals surface area contributed by atoms with Crippen molar-refractivity contribution in [1.82, 2.24) is 0 Å². The molecule has 2 unspecified atom stereocenters. The molecule has 0 saturated heterocycles. The molecule has 3 nitrogen and oxygen atoms in total. The average molecular weight is 185 g/mol. The lowest BCUT2D eigenvalue weighted by molar-refractivity contribution is -0.149. The Bertz CT molecular complexity index is 170. The van der Waals surface area contributed by atoms with E-state index in [-0.39, 0.29) is 17.9 Å². The topological polar surface area (TPSA) is 52.3 Å². The van der Waals surface area contributed by atoms with Gasteiger partial charge in [-0.3, -0.25) is 4.79 Å². The molecule has 0 aromatic carbocycles. The van der Waals surface area contributed by atoms with Gasteiger partial charge in [-0.1, -0.05) is 13.3 Å². The average Bonchev–Trinajstić information content (AvgIpc) is 2.14. The Kier molecular flexibility index (Phi) is 4.22. The Labute approximate surface area is 79.6 Å². The molecule has 13 heavy (non-hydrogen) atoms. The molecule has 0 aliphatic heterocycles. The first-order valence-corrected chi connectivity index (χ1v) is 5.16. The van der Waals surface area contributed by atoms with E-state index in [9.17, 15) is 4.79 Å². The molecule has 3 heteroatoms. The summed E-state index contributed by atoms with van der Waals surface area (Å²) < 4.78 is 5.08. The van der Waals surface area contributed by atoms with Crippen LogP contribution in [-0.4, -0.2) is 18.6 Å². The second kappa shape index (κ2) is 5.22. The van der Waals surface area contributed by atoms with Crippen LogP contribution >= 0.6 is 0 Å². The Balaban J connectivity index is 2.28. The molecular weight excluding hydrogens is 166 g/mol. The largest absolute Gasteiger partial charge is 0.465 e. The van der Waals surface area contributed by atoms with Gasteiger partial charge in [-0.15, -0.1) is 0 Å². The van der Waals surface area contributed by atoms with Crippen LogP contribution < -0.4 is 5.73 Å². The maximum Gasteiger partial charge on any atom is 0.308 e. The van der Waals surface area contributed by atoms with Crippen molar-refractivity contribution < 1.29 is 9.53 Å². The van der Waals surface area contributed by atoms with Gasteiger partial charge in [0, 0.05) is 6.04 Å². The van der Waals surface area contributed by atoms with Gasteiger partial charge in [-0.2, -0.15) is 0 Å². The van der Waals surface area contributed by atoms with Gasteiger partial charge < -0.3 is 10.5 Å². The van der Waals surface area contributed by atoms with Crippen LogP contribution in [0.4, 0.5) is 0 Å². The van der Waals surface area contributed by atoms with Gasteiger partial charge in [0.2, 0.25) is 0 Å². The summed E-state index contributed by atoms with van der Waals surface area (Å²) in [6, 6.07) is 0.202. The minimum atomic E-state index is -0.0444. The number of hydrogen-bond acceptors (Lipinski definition) is 3. The fourth-order valence-corrected chi connectivity index (χ4v) is 1.76. The summed E-state index contributed by atoms with van der Waals surface area (Å²) in [5.41, 5.74) is 5.78. The Hall–Kier alpha value is -0.570. The van der Waals surface area contributed by atoms with Gasteiger partial charge in [0.1, 0.15) is 0 Å². The van der Waals surface area contributed by atoms with E-state index in [0.717, 1.165) is 32.1 Å². The van der Waals surface area contributed by atoms with Gasteiger partial charge in [0.25, 0.3) is 0 Å². The summed E-state index contributed by atoms with van der Waals surface area (Å²) in [6.45, 7) is 2.55. The lowest BCUT2D eigenvalue weighted by atomic mass is 9.86. The third-order valence-electron chi connectivity index (χ3n) is 2.50. The highest BCUT2D eigenvalue weighted by atomic mass is 16.5. The second-order valence-electron chi connectivity index (χ2n) is 3.79. The summed E-state index contributed by atoms with van der Waals surface area (Å²) in [4.78, 5) is 11.4. The van der Waals surface area contributed by atoms with Crippen molar-refractivity contribution in [1.29, 1.82) is 0 Å². The molecule has 1 rings (SSSR count). The van der Waals surface area contributed by atoms with Crippen molar-refractivity contribution in [3.05, 3.63) is 0 Å². The van der Waals surface area contributed by atoms with Crippen LogP contribution in [0, 0.1) is 5.92 Å². The molecule has 0 aromatic rings. The third-order valence-corrected chi connectivity index (χ3v) is 2.50. The summed E-state index contributed by atoms with van der Waals surface area (Å²) in [5, 5.41) is 0. The van der Waals surface area contributed by atoms with Crippen molar-refractivity contribution in [2.24, 2.45) is 11.7 Å². The fourth-order valence-electron chi connectivity index (χ4n) is 1.76. The molecule has 0 bridgehead atoms. The lowest BCUT2D eigenvalue weighted by Gasteiger charge is -2.24. The van der Waals surface area contributed by atoms with Crippen molar-refractivity contribution in [3.8, 4) is 0 Å². The normalized spacial score (nSPS) is 28.5. The molecule has 0 heterocycles. The number of nitrogens with two attached hydrogens (primary N) is 1. The van der Waals surface area contributed by atoms with E-state index in [1.807, 2.05) is 6.92 Å². The van der Waals surface area contributed by atoms with Gasteiger partial charge in [-0.25, -0.2) is 0 Å². The Morgan fingerprint density at radius 3 is 2.92 bits per heavy atom. The minimum Gasteiger partial charge on any atom is -0.465 e. The van der Waals surface area contributed by atoms with Crippen LogP contribution in [0.15, 0.2) is 0 Å². The molecule has 0 aromatic heterocycles. The summed E-state index contributed by atoms with van der Waals surface area (Å²) in [5.74, 6) is 0.0206. The van der Waals surface area contributed by atoms with E-state index in [2.05, 4.69) is 0 Å². The molecule has 0 amide bonds. The zero-order chi connectivity index (χ0) is 9.68. The number of hydrogen-bond donors (Lipinski definition) is 1. The maximum absolute atomic E-state index is 11.4. The van der Waals surface area contributed by atoms with Crippen molar-refractivity contribution in [3.63, 3.8) is 0 Å². The Morgan fingerprint density at radius 2 is 2.31 bits per heavy atom. The van der Waals surface area contributed by atoms with E-state index in [0.29, 0.717) is 6.61 Å². The SMILES string of the molecule is CCCOC(=O)C1CCCC(N)C1. The van der Waals surface area contributed by atoms with Crippen LogP contribution in [0.2, 0.25) is 0 Å². The molecule has 1 aliphatic carbocycles. The predicted octanol–water partition coefficient (Wildman–Crippen LogP) is 1.46. The van der Waals surface area contributed by atoms with Gasteiger partial charge in [-0.05, 0) is 25.7 Å². The van der Waals surface area contributed by atoms with E-state index >= 15 is 0 Å². The van der Waals surface area contributed by atoms with E-state index in [1.165, 1.54) is 0 Å². The zero-order valence-electron chi connectivity index (χ0n) is 8.29. The quantitative estimate of drug-likeness (QED) is 0.677. The maximum atomic E-state index is 11.4. The lowest BCUT2D eigenvalue weighted by Crippen LogP contribution is -2.32. The first-order valence-electron chi connectivity index (χ1n) is 5.16. The fraction of sp³-hybridized carbons (Fsp3) is 0.900. The highest BCUT2D eigenvalue weighted by Gasteiger charge is 2.26. The summed E-state index contributed by atoms with van der Waals surface area (Å²) in [6.07, 6.45) is 4.77. The molecule has 0 radical (unpaired) electrons. The second-order valence-corrected chi connectivity index (χ2v) is 3.79. The van der Waals surface area contributed by atoms with Crippen LogP contribution in [-0.2, 0) is 9.53 Å². The van der Waals surface area contributed by atoms with Crippen LogP contribution in [0.5, 0.6) is 0 Å². The summed E-state index contributed by atoms with van der Waals surface area (Å²) >= 11 is 0. The molecule has 1 saturated carbocycles. The number of ether oxygens (including phenoxy) is 1. The molecule has 1 aliphatic rings. The molecule has 2 N–H and O–H groups in total. The molecule has 76 valence electrons. The van der Waals surface area contributed by atoms with E-state index < -0.39 is 0 Å². The highest BCUT2D eigenvalue weighted by Crippen LogP contribution is 2.24. The monoisotopic (exact) mass is 185 g/mol. The van der Waals surface area contributed by atoms with Crippen molar-refractivity contribution >= 4 is 5.97 Å². The van der Waals surface area contributed by atoms with E-state index in [1.54, 1.807) is 0 Å². The minimum absolute atomic E-state index is 0.0444. The highest BCUT2D eigenvalue weighted by molar-refractivity contribution is 5.72. The van der Waals surface area contributed by atoms with Crippen LogP contribution in [0.25, 0.3) is 0 Å². The van der Waals surface area contributed by atoms with Gasteiger partial charge in [0.15, 0.2) is 0 Å². The van der Waals surface area contributed by atoms with Crippen molar-refractivity contribution in [2.45, 2.75) is 45.1 Å². The van der Waals surface area contributed by atoms with Crippen LogP contribution in [0.3, 0.4) is 0 Å². The standard InChI is InChI=1S/C10H19NO2/c1-2-6-13-10(12)8-4-3-5-9(11)7-8/h8-9H,2-7,11H2,1H3. The molecular formula is C10H19NO2. The molecule has 2 atom stereocenters. The first kappa shape index (κ1) is 10.5. The smallest absolute Gasteiger partial charge is 0.308 e. The number of rotatable bonds is 3. The third kappa shape index (κ3) is 3.35. The van der Waals surface area contributed by atoms with E-state index in [4.69, 9.17) is 10.5 Å². The van der Waals surface area contributed by atoms with Crippen molar-refractivity contribution in [2.75, 3.05) is 6.61 Å². The summed E-state index contributed by atoms with van der Waals surface area (Å²) in [7, 11) is 0. The predicted molar refractivity (Wildman–Crippen MR) is 51.2 cm³/mol. The van der Waals surface area contributed by atoms with Gasteiger partial charge in [0.05, 0.1) is 12.5 Å². The van der Waals surface area contributed by atoms with Gasteiger partial charge >= 0.3 is 5.97 Å².